The van der Waals surface area contributed by atoms with Crippen molar-refractivity contribution in [2.75, 3.05) is 32.1 Å². The molecular weight excluding hydrogens is 930 g/mol. The van der Waals surface area contributed by atoms with E-state index >= 15 is 0 Å². The van der Waals surface area contributed by atoms with Crippen molar-refractivity contribution in [1.29, 1.82) is 0 Å². The number of esters is 1. The van der Waals surface area contributed by atoms with Crippen LogP contribution in [0.4, 0.5) is 14.9 Å². The summed E-state index contributed by atoms with van der Waals surface area (Å²) in [4.78, 5) is 44.4. The number of anilines is 1. The van der Waals surface area contributed by atoms with E-state index in [4.69, 9.17) is 33.2 Å². The molecule has 5 heterocycles. The van der Waals surface area contributed by atoms with Crippen LogP contribution in [0.15, 0.2) is 30.5 Å². The van der Waals surface area contributed by atoms with Crippen LogP contribution in [-0.2, 0) is 55.7 Å². The molecule has 20 nitrogen and oxygen atoms in total. The summed E-state index contributed by atoms with van der Waals surface area (Å²) in [5, 5.41) is 67.7. The number of ketones is 1. The van der Waals surface area contributed by atoms with Gasteiger partial charge in [-0.15, -0.1) is 5.10 Å². The number of cyclic esters (lactones) is 2. The molecule has 400 valence electrons. The van der Waals surface area contributed by atoms with E-state index in [1.807, 2.05) is 18.9 Å². The van der Waals surface area contributed by atoms with Crippen molar-refractivity contribution in [3.05, 3.63) is 42.0 Å². The predicted octanol–water partition coefficient (Wildman–Crippen LogP) is 3.15. The Morgan fingerprint density at radius 1 is 0.944 bits per heavy atom. The van der Waals surface area contributed by atoms with Crippen molar-refractivity contribution in [3.8, 4) is 0 Å². The van der Waals surface area contributed by atoms with Crippen LogP contribution in [0.1, 0.15) is 101 Å². The van der Waals surface area contributed by atoms with Gasteiger partial charge in [0.05, 0.1) is 72.1 Å². The van der Waals surface area contributed by atoms with Crippen LogP contribution in [0, 0.1) is 29.5 Å². The molecule has 19 atom stereocenters. The second kappa shape index (κ2) is 22.8. The van der Waals surface area contributed by atoms with E-state index in [1.54, 1.807) is 58.5 Å². The maximum absolute atomic E-state index is 14.4. The van der Waals surface area contributed by atoms with Crippen LogP contribution in [-0.4, -0.2) is 181 Å². The minimum atomic E-state index is -2.05. The van der Waals surface area contributed by atoms with Crippen LogP contribution in [0.2, 0.25) is 0 Å². The van der Waals surface area contributed by atoms with Crippen molar-refractivity contribution in [1.82, 2.24) is 19.9 Å². The minimum Gasteiger partial charge on any atom is -0.459 e. The van der Waals surface area contributed by atoms with E-state index in [-0.39, 0.29) is 32.4 Å². The second-order valence-corrected chi connectivity index (χ2v) is 21.3. The molecule has 0 bridgehead atoms. The van der Waals surface area contributed by atoms with Gasteiger partial charge < -0.3 is 63.6 Å². The number of hydrogen-bond acceptors (Lipinski definition) is 18. The molecule has 0 saturated carbocycles. The van der Waals surface area contributed by atoms with Crippen molar-refractivity contribution in [2.45, 2.75) is 198 Å². The zero-order valence-corrected chi connectivity index (χ0v) is 43.2. The van der Waals surface area contributed by atoms with Crippen LogP contribution in [0.5, 0.6) is 0 Å². The van der Waals surface area contributed by atoms with Gasteiger partial charge in [-0.2, -0.15) is 0 Å². The number of aliphatic hydroxyl groups is 5. The molecule has 21 heteroatoms. The maximum atomic E-state index is 14.4. The number of benzene rings is 1. The van der Waals surface area contributed by atoms with Crippen molar-refractivity contribution >= 4 is 23.5 Å². The number of Topliss-reactive ketones (excluding diaryl/α,β-unsaturated/α-hetero) is 1. The first kappa shape index (κ1) is 56.6. The SMILES string of the molecule is CC[C@H]1OC(=O)[C@H](C)[C@@H](O[C@H]2C[C@](C)(OC)[C@@H](O)[C@H](C)O2)[C@H](C)[C@@H](O[C@@H]2O[C@H](C)CC(N(C)CCc3cn(C[C@H]4CN(c5cccc(F)c5)C(=O)O4)nn3)[C@H]2O)[C@](C)(O)C[C@@H](C)C(=O)[C@H](C)[C@@H](O)[C@]1(C)O. The number of halogens is 1. The Morgan fingerprint density at radius 3 is 2.31 bits per heavy atom. The normalized spacial score (nSPS) is 41.2. The fourth-order valence-corrected chi connectivity index (χ4v) is 11.0. The molecule has 1 aromatic carbocycles. The Balaban J connectivity index is 1.23. The van der Waals surface area contributed by atoms with Gasteiger partial charge in [0, 0.05) is 56.5 Å². The van der Waals surface area contributed by atoms with Crippen molar-refractivity contribution in [2.24, 2.45) is 23.7 Å². The summed E-state index contributed by atoms with van der Waals surface area (Å²) in [6.07, 6.45) is -9.89. The molecule has 1 amide bonds. The Kier molecular flexibility index (Phi) is 18.2. The van der Waals surface area contributed by atoms with Gasteiger partial charge in [-0.3, -0.25) is 14.5 Å². The number of carbonyl (C=O) groups excluding carboxylic acids is 3. The van der Waals surface area contributed by atoms with Gasteiger partial charge in [-0.1, -0.05) is 39.0 Å². The average molecular weight is 1010 g/mol. The molecule has 0 radical (unpaired) electrons. The number of methoxy groups -OCH3 is 1. The van der Waals surface area contributed by atoms with Crippen LogP contribution in [0.3, 0.4) is 0 Å². The topological polar surface area (TPSA) is 254 Å². The third-order valence-electron chi connectivity index (χ3n) is 15.4. The zero-order valence-electron chi connectivity index (χ0n) is 43.2. The smallest absolute Gasteiger partial charge is 0.414 e. The van der Waals surface area contributed by atoms with Gasteiger partial charge in [-0.25, -0.2) is 13.9 Å². The van der Waals surface area contributed by atoms with Gasteiger partial charge in [0.25, 0.3) is 0 Å². The van der Waals surface area contributed by atoms with E-state index in [0.29, 0.717) is 30.8 Å². The molecule has 5 N–H and O–H groups in total. The lowest BCUT2D eigenvalue weighted by Gasteiger charge is -2.49. The molecule has 1 unspecified atom stereocenters. The summed E-state index contributed by atoms with van der Waals surface area (Å²) in [5.41, 5.74) is -4.02. The summed E-state index contributed by atoms with van der Waals surface area (Å²) >= 11 is 0. The molecule has 4 saturated heterocycles. The summed E-state index contributed by atoms with van der Waals surface area (Å²) in [6, 6.07) is 5.19. The standard InChI is InChI=1S/C50H78FN5O15/c1-13-37-50(10,64)42(59)28(4)39(57)26(2)21-48(8,63)44(29(5)41(30(6)45(61)69-37)70-38-22-49(9,65-12)43(60)31(7)67-38)71-46-40(58)36(19-27(3)66-46)54(11)18-17-33-23-55(53-52-33)24-35-25-56(47(62)68-35)34-16-14-15-32(51)20-34/h14-16,20,23,26-31,35-38,40-44,46,58-60,63-64H,13,17-19,21-22,24-25H2,1-12H3/t26-,27-,28+,29+,30-,31+,35+,36?,37-,38+,40-,41+,42-,43+,44-,46+,48-,49+,50-/m1/s1. The first-order valence-corrected chi connectivity index (χ1v) is 24.9. The summed E-state index contributed by atoms with van der Waals surface area (Å²) in [7, 11) is 3.32. The zero-order chi connectivity index (χ0) is 52.5. The van der Waals surface area contributed by atoms with Crippen molar-refractivity contribution < 1.29 is 77.5 Å². The van der Waals surface area contributed by atoms with Gasteiger partial charge >= 0.3 is 12.1 Å². The molecule has 2 aromatic rings. The number of amides is 1. The highest BCUT2D eigenvalue weighted by atomic mass is 19.1. The number of carbonyl (C=O) groups is 3. The average Bonchev–Trinajstić information content (AvgIpc) is 3.93. The Labute approximate surface area is 416 Å². The van der Waals surface area contributed by atoms with Gasteiger partial charge in [0.15, 0.2) is 12.6 Å². The van der Waals surface area contributed by atoms with E-state index in [9.17, 15) is 44.3 Å². The number of aliphatic hydroxyl groups excluding tert-OH is 3. The number of aromatic nitrogens is 3. The van der Waals surface area contributed by atoms with E-state index in [0.717, 1.165) is 0 Å². The van der Waals surface area contributed by atoms with Gasteiger partial charge in [-0.05, 0) is 86.1 Å². The fourth-order valence-electron chi connectivity index (χ4n) is 11.0. The fraction of sp³-hybridized carbons (Fsp3) is 0.780. The highest BCUT2D eigenvalue weighted by Gasteiger charge is 2.54. The number of rotatable bonds is 13. The van der Waals surface area contributed by atoms with Crippen LogP contribution in [0.25, 0.3) is 0 Å². The molecule has 0 spiro atoms. The maximum Gasteiger partial charge on any atom is 0.414 e. The molecule has 4 fully saturated rings. The Bertz CT molecular complexity index is 2130. The first-order valence-electron chi connectivity index (χ1n) is 24.9. The number of ether oxygens (including phenoxy) is 7. The molecule has 71 heavy (non-hydrogen) atoms. The van der Waals surface area contributed by atoms with E-state index in [2.05, 4.69) is 10.3 Å². The van der Waals surface area contributed by atoms with Crippen LogP contribution >= 0.6 is 0 Å². The van der Waals surface area contributed by atoms with E-state index < -0.39 is 138 Å². The molecule has 4 aliphatic rings. The lowest BCUT2D eigenvalue weighted by molar-refractivity contribution is -0.318. The lowest BCUT2D eigenvalue weighted by atomic mass is 9.74. The molecular formula is C50H78FN5O15. The highest BCUT2D eigenvalue weighted by Crippen LogP contribution is 2.41. The number of hydrogen-bond donors (Lipinski definition) is 5. The molecule has 1 aromatic heterocycles. The largest absolute Gasteiger partial charge is 0.459 e. The second-order valence-electron chi connectivity index (χ2n) is 21.3. The summed E-state index contributed by atoms with van der Waals surface area (Å²) < 4.78 is 58.7. The van der Waals surface area contributed by atoms with E-state index in [1.165, 1.54) is 51.0 Å². The molecule has 0 aliphatic carbocycles. The van der Waals surface area contributed by atoms with Gasteiger partial charge in [0.1, 0.15) is 41.6 Å². The van der Waals surface area contributed by atoms with Crippen LogP contribution < -0.4 is 4.90 Å². The lowest BCUT2D eigenvalue weighted by Crippen LogP contribution is -2.61. The monoisotopic (exact) mass is 1010 g/mol. The highest BCUT2D eigenvalue weighted by molar-refractivity contribution is 5.89. The number of nitrogens with zero attached hydrogens (tertiary/aromatic N) is 5. The number of likely N-dealkylation sites (N-methyl/N-ethyl adjacent to an activating group) is 1. The minimum absolute atomic E-state index is 0.0445. The Morgan fingerprint density at radius 2 is 1.65 bits per heavy atom. The predicted molar refractivity (Wildman–Crippen MR) is 253 cm³/mol. The Hall–Kier alpha value is -3.74. The third kappa shape index (κ3) is 12.6. The summed E-state index contributed by atoms with van der Waals surface area (Å²) in [6.45, 7) is 17.0. The molecule has 4 aliphatic heterocycles. The van der Waals surface area contributed by atoms with Crippen molar-refractivity contribution in [3.63, 3.8) is 0 Å². The summed E-state index contributed by atoms with van der Waals surface area (Å²) in [5.74, 6) is -5.83. The molecule has 6 rings (SSSR count). The third-order valence-corrected chi connectivity index (χ3v) is 15.4. The first-order chi connectivity index (χ1) is 33.2. The quantitative estimate of drug-likeness (QED) is 0.181. The van der Waals surface area contributed by atoms with Gasteiger partial charge in [0.2, 0.25) is 0 Å².